The number of benzene rings is 2. The Kier molecular flexibility index (Phi) is 4.33. The number of rotatable bonds is 3. The molecule has 134 valence electrons. The van der Waals surface area contributed by atoms with Crippen molar-refractivity contribution < 1.29 is 4.79 Å². The molecule has 2 aromatic carbocycles. The lowest BCUT2D eigenvalue weighted by Gasteiger charge is -2.08. The molecule has 2 aromatic heterocycles. The summed E-state index contributed by atoms with van der Waals surface area (Å²) in [4.78, 5) is 12.6. The van der Waals surface area contributed by atoms with Crippen molar-refractivity contribution in [2.75, 3.05) is 5.32 Å². The maximum Gasteiger partial charge on any atom is 0.278 e. The maximum absolute atomic E-state index is 12.6. The van der Waals surface area contributed by atoms with Crippen LogP contribution in [-0.2, 0) is 0 Å². The largest absolute Gasteiger partial charge is 0.321 e. The minimum absolute atomic E-state index is 0.226. The molecule has 0 aliphatic carbocycles. The van der Waals surface area contributed by atoms with Crippen LogP contribution >= 0.6 is 11.6 Å². The van der Waals surface area contributed by atoms with Crippen molar-refractivity contribution >= 4 is 28.8 Å². The Morgan fingerprint density at radius 3 is 2.59 bits per heavy atom. The average Bonchev–Trinajstić information content (AvgIpc) is 3.09. The maximum atomic E-state index is 12.6. The van der Waals surface area contributed by atoms with Crippen LogP contribution in [0, 0.1) is 13.8 Å². The van der Waals surface area contributed by atoms with Crippen molar-refractivity contribution in [3.8, 4) is 11.1 Å². The van der Waals surface area contributed by atoms with Gasteiger partial charge in [-0.2, -0.15) is 5.10 Å². The van der Waals surface area contributed by atoms with Crippen LogP contribution < -0.4 is 5.32 Å². The first-order valence-corrected chi connectivity index (χ1v) is 8.76. The lowest BCUT2D eigenvalue weighted by atomic mass is 10.1. The second-order valence-electron chi connectivity index (χ2n) is 6.26. The van der Waals surface area contributed by atoms with Crippen LogP contribution in [0.4, 0.5) is 5.69 Å². The number of aryl methyl sites for hydroxylation is 2. The first-order chi connectivity index (χ1) is 13.0. The van der Waals surface area contributed by atoms with Crippen molar-refractivity contribution in [2.45, 2.75) is 13.8 Å². The fourth-order valence-electron chi connectivity index (χ4n) is 2.85. The van der Waals surface area contributed by atoms with E-state index < -0.39 is 0 Å². The predicted molar refractivity (Wildman–Crippen MR) is 105 cm³/mol. The predicted octanol–water partition coefficient (Wildman–Crippen LogP) is 4.31. The van der Waals surface area contributed by atoms with Gasteiger partial charge in [-0.1, -0.05) is 41.4 Å². The Morgan fingerprint density at radius 1 is 1.07 bits per heavy atom. The molecule has 0 aliphatic heterocycles. The third kappa shape index (κ3) is 3.27. The molecular weight excluding hydrogens is 362 g/mol. The molecule has 4 aromatic rings. The zero-order chi connectivity index (χ0) is 19.0. The summed E-state index contributed by atoms with van der Waals surface area (Å²) in [6.45, 7) is 3.78. The number of hydrogen-bond acceptors (Lipinski definition) is 4. The first-order valence-electron chi connectivity index (χ1n) is 8.38. The van der Waals surface area contributed by atoms with Crippen molar-refractivity contribution in [1.82, 2.24) is 19.8 Å². The van der Waals surface area contributed by atoms with Gasteiger partial charge in [-0.05, 0) is 43.7 Å². The topological polar surface area (TPSA) is 72.2 Å². The summed E-state index contributed by atoms with van der Waals surface area (Å²) in [5, 5.41) is 16.2. The third-order valence-corrected chi connectivity index (χ3v) is 4.54. The van der Waals surface area contributed by atoms with Gasteiger partial charge in [0.05, 0.1) is 11.9 Å². The van der Waals surface area contributed by atoms with E-state index in [1.807, 2.05) is 49.4 Å². The van der Waals surface area contributed by atoms with Gasteiger partial charge in [0.1, 0.15) is 0 Å². The second-order valence-corrected chi connectivity index (χ2v) is 6.69. The van der Waals surface area contributed by atoms with Crippen LogP contribution in [0.2, 0.25) is 5.02 Å². The van der Waals surface area contributed by atoms with E-state index in [1.165, 1.54) is 0 Å². The molecule has 0 atom stereocenters. The van der Waals surface area contributed by atoms with Crippen LogP contribution in [0.25, 0.3) is 16.8 Å². The number of halogens is 1. The Labute approximate surface area is 160 Å². The highest BCUT2D eigenvalue weighted by Gasteiger charge is 2.18. The van der Waals surface area contributed by atoms with E-state index in [1.54, 1.807) is 23.7 Å². The summed E-state index contributed by atoms with van der Waals surface area (Å²) in [7, 11) is 0. The Bertz CT molecular complexity index is 1150. The smallest absolute Gasteiger partial charge is 0.278 e. The highest BCUT2D eigenvalue weighted by molar-refractivity contribution is 6.30. The number of nitrogens with one attached hydrogen (secondary N) is 1. The summed E-state index contributed by atoms with van der Waals surface area (Å²) in [5.74, 6) is -0.328. The van der Waals surface area contributed by atoms with Crippen molar-refractivity contribution in [3.05, 3.63) is 76.7 Å². The molecule has 0 fully saturated rings. The molecule has 0 unspecified atom stereocenters. The number of carbonyl (C=O) groups is 1. The number of amides is 1. The molecular formula is C20H16ClN5O. The van der Waals surface area contributed by atoms with Crippen LogP contribution in [-0.4, -0.2) is 25.7 Å². The molecule has 0 aliphatic rings. The van der Waals surface area contributed by atoms with Gasteiger partial charge in [0.2, 0.25) is 0 Å². The highest BCUT2D eigenvalue weighted by atomic mass is 35.5. The van der Waals surface area contributed by atoms with E-state index in [0.717, 1.165) is 16.7 Å². The summed E-state index contributed by atoms with van der Waals surface area (Å²) in [6.07, 6.45) is 1.70. The highest BCUT2D eigenvalue weighted by Crippen LogP contribution is 2.26. The number of fused-ring (bicyclic) bond motifs is 1. The third-order valence-electron chi connectivity index (χ3n) is 4.31. The van der Waals surface area contributed by atoms with Gasteiger partial charge in [0.25, 0.3) is 5.91 Å². The lowest BCUT2D eigenvalue weighted by molar-refractivity contribution is 0.102. The van der Waals surface area contributed by atoms with Gasteiger partial charge >= 0.3 is 0 Å². The summed E-state index contributed by atoms with van der Waals surface area (Å²) < 4.78 is 1.62. The van der Waals surface area contributed by atoms with Crippen LogP contribution in [0.3, 0.4) is 0 Å². The van der Waals surface area contributed by atoms with Crippen molar-refractivity contribution in [1.29, 1.82) is 0 Å². The minimum Gasteiger partial charge on any atom is -0.321 e. The molecule has 6 nitrogen and oxygen atoms in total. The normalized spacial score (nSPS) is 10.9. The van der Waals surface area contributed by atoms with E-state index in [0.29, 0.717) is 22.1 Å². The van der Waals surface area contributed by atoms with E-state index in [9.17, 15) is 4.79 Å². The molecule has 27 heavy (non-hydrogen) atoms. The second kappa shape index (κ2) is 6.81. The number of nitrogens with zero attached hydrogens (tertiary/aromatic N) is 4. The summed E-state index contributed by atoms with van der Waals surface area (Å²) >= 11 is 6.08. The summed E-state index contributed by atoms with van der Waals surface area (Å²) in [5.41, 5.74) is 4.92. The van der Waals surface area contributed by atoms with Gasteiger partial charge in [-0.3, -0.25) is 4.79 Å². The van der Waals surface area contributed by atoms with E-state index >= 15 is 0 Å². The van der Waals surface area contributed by atoms with Crippen LogP contribution in [0.15, 0.2) is 54.7 Å². The van der Waals surface area contributed by atoms with Crippen LogP contribution in [0.1, 0.15) is 21.7 Å². The number of carbonyl (C=O) groups excluding carboxylic acids is 1. The quantitative estimate of drug-likeness (QED) is 0.577. The fraction of sp³-hybridized carbons (Fsp3) is 0.100. The Balaban J connectivity index is 1.70. The number of hydrogen-bond donors (Lipinski definition) is 1. The molecule has 0 spiro atoms. The molecule has 4 rings (SSSR count). The van der Waals surface area contributed by atoms with Gasteiger partial charge in [-0.15, -0.1) is 10.2 Å². The number of anilines is 1. The lowest BCUT2D eigenvalue weighted by Crippen LogP contribution is -2.18. The molecule has 7 heteroatoms. The molecule has 0 saturated heterocycles. The first kappa shape index (κ1) is 17.2. The van der Waals surface area contributed by atoms with Gasteiger partial charge < -0.3 is 5.32 Å². The zero-order valence-corrected chi connectivity index (χ0v) is 15.5. The van der Waals surface area contributed by atoms with Gasteiger partial charge in [0.15, 0.2) is 11.3 Å². The van der Waals surface area contributed by atoms with E-state index in [-0.39, 0.29) is 11.6 Å². The SMILES string of the molecule is Cc1ccc(NC(=O)c2nnc3c(-c4cccc(Cl)c4)cnn3c2C)cc1. The van der Waals surface area contributed by atoms with Gasteiger partial charge in [0, 0.05) is 16.3 Å². The molecule has 0 saturated carbocycles. The van der Waals surface area contributed by atoms with E-state index in [2.05, 4.69) is 20.6 Å². The monoisotopic (exact) mass is 377 g/mol. The minimum atomic E-state index is -0.328. The zero-order valence-electron chi connectivity index (χ0n) is 14.8. The molecule has 1 N–H and O–H groups in total. The number of aromatic nitrogens is 4. The van der Waals surface area contributed by atoms with Crippen molar-refractivity contribution in [3.63, 3.8) is 0 Å². The molecule has 2 heterocycles. The standard InChI is InChI=1S/C20H16ClN5O/c1-12-6-8-16(9-7-12)23-20(27)18-13(2)26-19(25-24-18)17(11-22-26)14-4-3-5-15(21)10-14/h3-11H,1-2H3,(H,23,27). The van der Waals surface area contributed by atoms with Crippen molar-refractivity contribution in [2.24, 2.45) is 0 Å². The summed E-state index contributed by atoms with van der Waals surface area (Å²) in [6, 6.07) is 15.0. The Hall–Kier alpha value is -3.25. The fourth-order valence-corrected chi connectivity index (χ4v) is 3.04. The Morgan fingerprint density at radius 2 is 1.85 bits per heavy atom. The van der Waals surface area contributed by atoms with Gasteiger partial charge in [-0.25, -0.2) is 4.52 Å². The average molecular weight is 378 g/mol. The molecule has 0 radical (unpaired) electrons. The van der Waals surface area contributed by atoms with E-state index in [4.69, 9.17) is 11.6 Å². The molecule has 0 bridgehead atoms. The molecule has 1 amide bonds. The van der Waals surface area contributed by atoms with Crippen LogP contribution in [0.5, 0.6) is 0 Å².